The summed E-state index contributed by atoms with van der Waals surface area (Å²) >= 11 is 0. The lowest BCUT2D eigenvalue weighted by molar-refractivity contribution is 0.0937. The van der Waals surface area contributed by atoms with Crippen LogP contribution in [0, 0.1) is 13.8 Å². The van der Waals surface area contributed by atoms with Gasteiger partial charge in [0.25, 0.3) is 5.91 Å². The van der Waals surface area contributed by atoms with Crippen LogP contribution in [0.5, 0.6) is 0 Å². The van der Waals surface area contributed by atoms with Gasteiger partial charge in [0.1, 0.15) is 0 Å². The van der Waals surface area contributed by atoms with Gasteiger partial charge in [0, 0.05) is 11.7 Å². The molecule has 1 aromatic carbocycles. The molecule has 2 aromatic rings. The maximum Gasteiger partial charge on any atom is 0.271 e. The van der Waals surface area contributed by atoms with E-state index in [1.54, 1.807) is 12.1 Å². The second-order valence-corrected chi connectivity index (χ2v) is 5.32. The first-order chi connectivity index (χ1) is 9.97. The largest absolute Gasteiger partial charge is 0.348 e. The van der Waals surface area contributed by atoms with E-state index in [1.807, 2.05) is 45.9 Å². The molecule has 0 aliphatic rings. The van der Waals surface area contributed by atoms with Crippen molar-refractivity contribution in [3.63, 3.8) is 0 Å². The monoisotopic (exact) mass is 284 g/mol. The molecule has 5 heteroatoms. The molecule has 0 fully saturated rings. The summed E-state index contributed by atoms with van der Waals surface area (Å²) in [4.78, 5) is 11.8. The number of amides is 1. The Bertz CT molecular complexity index is 615. The smallest absolute Gasteiger partial charge is 0.271 e. The average Bonchev–Trinajstić information content (AvgIpc) is 2.43. The van der Waals surface area contributed by atoms with Crippen molar-refractivity contribution in [2.24, 2.45) is 0 Å². The summed E-state index contributed by atoms with van der Waals surface area (Å²) in [5.74, 6) is 0.407. The van der Waals surface area contributed by atoms with Crippen LogP contribution in [-0.4, -0.2) is 22.1 Å². The first kappa shape index (κ1) is 15.0. The molecule has 1 aromatic heterocycles. The Hall–Kier alpha value is -2.43. The highest BCUT2D eigenvalue weighted by Crippen LogP contribution is 2.22. The predicted octanol–water partition coefficient (Wildman–Crippen LogP) is 2.98. The summed E-state index contributed by atoms with van der Waals surface area (Å²) in [5, 5.41) is 14.1. The van der Waals surface area contributed by atoms with Crippen LogP contribution in [0.2, 0.25) is 0 Å². The molecule has 21 heavy (non-hydrogen) atoms. The molecular weight excluding hydrogens is 264 g/mol. The van der Waals surface area contributed by atoms with Crippen molar-refractivity contribution in [2.75, 3.05) is 5.32 Å². The Morgan fingerprint density at radius 2 is 1.71 bits per heavy atom. The third kappa shape index (κ3) is 3.78. The summed E-state index contributed by atoms with van der Waals surface area (Å²) in [6, 6.07) is 9.59. The van der Waals surface area contributed by atoms with Crippen molar-refractivity contribution in [1.29, 1.82) is 0 Å². The van der Waals surface area contributed by atoms with Gasteiger partial charge in [0.2, 0.25) is 0 Å². The van der Waals surface area contributed by atoms with E-state index in [-0.39, 0.29) is 11.9 Å². The molecule has 0 saturated heterocycles. The third-order valence-electron chi connectivity index (χ3n) is 3.05. The Kier molecular flexibility index (Phi) is 4.52. The van der Waals surface area contributed by atoms with Gasteiger partial charge >= 0.3 is 0 Å². The fourth-order valence-corrected chi connectivity index (χ4v) is 2.00. The Labute approximate surface area is 124 Å². The van der Waals surface area contributed by atoms with E-state index in [0.29, 0.717) is 11.5 Å². The van der Waals surface area contributed by atoms with Crippen LogP contribution in [0.1, 0.15) is 35.5 Å². The second-order valence-electron chi connectivity index (χ2n) is 5.32. The highest BCUT2D eigenvalue weighted by molar-refractivity contribution is 5.92. The maximum atomic E-state index is 11.8. The molecule has 1 heterocycles. The van der Waals surface area contributed by atoms with Gasteiger partial charge in [-0.2, -0.15) is 0 Å². The zero-order chi connectivity index (χ0) is 15.4. The molecule has 0 bridgehead atoms. The number of anilines is 2. The van der Waals surface area contributed by atoms with Crippen molar-refractivity contribution >= 4 is 17.4 Å². The van der Waals surface area contributed by atoms with Crippen molar-refractivity contribution < 1.29 is 4.79 Å². The van der Waals surface area contributed by atoms with Gasteiger partial charge in [-0.1, -0.05) is 18.2 Å². The van der Waals surface area contributed by atoms with Gasteiger partial charge in [0.15, 0.2) is 11.5 Å². The first-order valence-electron chi connectivity index (χ1n) is 6.95. The molecule has 0 radical (unpaired) electrons. The van der Waals surface area contributed by atoms with Gasteiger partial charge in [-0.05, 0) is 51.0 Å². The molecule has 0 aliphatic carbocycles. The summed E-state index contributed by atoms with van der Waals surface area (Å²) in [6.45, 7) is 7.88. The molecule has 1 amide bonds. The number of carbonyl (C=O) groups is 1. The molecule has 0 spiro atoms. The van der Waals surface area contributed by atoms with E-state index in [2.05, 4.69) is 20.8 Å². The van der Waals surface area contributed by atoms with Crippen LogP contribution in [-0.2, 0) is 0 Å². The van der Waals surface area contributed by atoms with Crippen LogP contribution in [0.15, 0.2) is 30.3 Å². The van der Waals surface area contributed by atoms with E-state index in [1.165, 1.54) is 0 Å². The highest BCUT2D eigenvalue weighted by Gasteiger charge is 2.10. The highest BCUT2D eigenvalue weighted by atomic mass is 16.1. The van der Waals surface area contributed by atoms with E-state index in [4.69, 9.17) is 0 Å². The number of nitrogens with one attached hydrogen (secondary N) is 2. The van der Waals surface area contributed by atoms with Crippen molar-refractivity contribution in [1.82, 2.24) is 15.5 Å². The van der Waals surface area contributed by atoms with Crippen LogP contribution in [0.25, 0.3) is 0 Å². The van der Waals surface area contributed by atoms with Crippen LogP contribution >= 0.6 is 0 Å². The molecule has 5 nitrogen and oxygen atoms in total. The average molecular weight is 284 g/mol. The number of benzene rings is 1. The van der Waals surface area contributed by atoms with Crippen LogP contribution in [0.3, 0.4) is 0 Å². The lowest BCUT2D eigenvalue weighted by atomic mass is 10.1. The molecule has 2 rings (SSSR count). The number of hydrogen-bond donors (Lipinski definition) is 2. The minimum atomic E-state index is -0.212. The molecule has 110 valence electrons. The number of hydrogen-bond acceptors (Lipinski definition) is 4. The standard InChI is InChI=1S/C16H20N4O/c1-10(2)17-16(21)13-8-9-14(20-19-13)18-15-11(3)6-5-7-12(15)4/h5-10H,1-4H3,(H,17,21)(H,18,20). The van der Waals surface area contributed by atoms with Crippen LogP contribution in [0.4, 0.5) is 11.5 Å². The van der Waals surface area contributed by atoms with Gasteiger partial charge in [0.05, 0.1) is 0 Å². The lowest BCUT2D eigenvalue weighted by Gasteiger charge is -2.12. The Morgan fingerprint density at radius 3 is 2.24 bits per heavy atom. The van der Waals surface area contributed by atoms with Gasteiger partial charge < -0.3 is 10.6 Å². The zero-order valence-electron chi connectivity index (χ0n) is 12.8. The number of nitrogens with zero attached hydrogens (tertiary/aromatic N) is 2. The van der Waals surface area contributed by atoms with Gasteiger partial charge in [-0.15, -0.1) is 10.2 Å². The van der Waals surface area contributed by atoms with Gasteiger partial charge in [-0.3, -0.25) is 4.79 Å². The Balaban J connectivity index is 2.15. The topological polar surface area (TPSA) is 66.9 Å². The van der Waals surface area contributed by atoms with Gasteiger partial charge in [-0.25, -0.2) is 0 Å². The van der Waals surface area contributed by atoms with Crippen LogP contribution < -0.4 is 10.6 Å². The third-order valence-corrected chi connectivity index (χ3v) is 3.05. The first-order valence-corrected chi connectivity index (χ1v) is 6.95. The summed E-state index contributed by atoms with van der Waals surface area (Å²) < 4.78 is 0. The predicted molar refractivity (Wildman–Crippen MR) is 83.8 cm³/mol. The fourth-order valence-electron chi connectivity index (χ4n) is 2.00. The summed E-state index contributed by atoms with van der Waals surface area (Å²) in [6.07, 6.45) is 0. The quantitative estimate of drug-likeness (QED) is 0.905. The van der Waals surface area contributed by atoms with E-state index in [0.717, 1.165) is 16.8 Å². The molecule has 2 N–H and O–H groups in total. The lowest BCUT2D eigenvalue weighted by Crippen LogP contribution is -2.30. The SMILES string of the molecule is Cc1cccc(C)c1Nc1ccc(C(=O)NC(C)C)nn1. The number of para-hydroxylation sites is 1. The fraction of sp³-hybridized carbons (Fsp3) is 0.312. The number of aryl methyl sites for hydroxylation is 2. The van der Waals surface area contributed by atoms with Crippen molar-refractivity contribution in [3.05, 3.63) is 47.2 Å². The number of carbonyl (C=O) groups excluding carboxylic acids is 1. The molecular formula is C16H20N4O. The number of aromatic nitrogens is 2. The molecule has 0 atom stereocenters. The molecule has 0 saturated carbocycles. The van der Waals surface area contributed by atoms with E-state index < -0.39 is 0 Å². The second kappa shape index (κ2) is 6.35. The minimum Gasteiger partial charge on any atom is -0.348 e. The minimum absolute atomic E-state index is 0.0757. The molecule has 0 aliphatic heterocycles. The normalized spacial score (nSPS) is 10.5. The maximum absolute atomic E-state index is 11.8. The zero-order valence-corrected chi connectivity index (χ0v) is 12.8. The van der Waals surface area contributed by atoms with E-state index in [9.17, 15) is 4.79 Å². The Morgan fingerprint density at radius 1 is 1.05 bits per heavy atom. The van der Waals surface area contributed by atoms with Crippen molar-refractivity contribution in [3.8, 4) is 0 Å². The summed E-state index contributed by atoms with van der Waals surface area (Å²) in [7, 11) is 0. The molecule has 0 unspecified atom stereocenters. The van der Waals surface area contributed by atoms with E-state index >= 15 is 0 Å². The summed E-state index contributed by atoms with van der Waals surface area (Å²) in [5.41, 5.74) is 3.61. The van der Waals surface area contributed by atoms with Crippen molar-refractivity contribution in [2.45, 2.75) is 33.7 Å². The number of rotatable bonds is 4.